The van der Waals surface area contributed by atoms with Crippen molar-refractivity contribution in [2.45, 2.75) is 51.6 Å². The van der Waals surface area contributed by atoms with E-state index >= 15 is 0 Å². The minimum atomic E-state index is -0.883. The summed E-state index contributed by atoms with van der Waals surface area (Å²) in [7, 11) is 0. The lowest BCUT2D eigenvalue weighted by Crippen LogP contribution is -2.51. The Balaban J connectivity index is 1.98. The largest absolute Gasteiger partial charge is 0.481 e. The summed E-state index contributed by atoms with van der Waals surface area (Å²) in [5.74, 6) is -0.713. The third-order valence-corrected chi connectivity index (χ3v) is 4.77. The number of hydrogen-bond acceptors (Lipinski definition) is 4. The molecule has 1 saturated heterocycles. The summed E-state index contributed by atoms with van der Waals surface area (Å²) < 4.78 is 10.9. The molecule has 0 spiro atoms. The van der Waals surface area contributed by atoms with E-state index in [1.54, 1.807) is 0 Å². The molecule has 22 heavy (non-hydrogen) atoms. The van der Waals surface area contributed by atoms with E-state index in [2.05, 4.69) is 0 Å². The molecule has 0 aromatic rings. The molecule has 6 heteroatoms. The highest BCUT2D eigenvalue weighted by Crippen LogP contribution is 2.43. The van der Waals surface area contributed by atoms with Crippen LogP contribution in [0.2, 0.25) is 0 Å². The average Bonchev–Trinajstić information content (AvgIpc) is 2.96. The normalized spacial score (nSPS) is 24.4. The van der Waals surface area contributed by atoms with Crippen molar-refractivity contribution in [2.24, 2.45) is 5.41 Å². The van der Waals surface area contributed by atoms with Crippen molar-refractivity contribution in [3.8, 4) is 0 Å². The van der Waals surface area contributed by atoms with E-state index in [-0.39, 0.29) is 23.8 Å². The number of morpholine rings is 1. The van der Waals surface area contributed by atoms with Crippen molar-refractivity contribution in [3.05, 3.63) is 0 Å². The molecule has 1 unspecified atom stereocenters. The van der Waals surface area contributed by atoms with Crippen LogP contribution in [0.1, 0.15) is 45.4 Å². The van der Waals surface area contributed by atoms with Gasteiger partial charge in [-0.2, -0.15) is 0 Å². The highest BCUT2D eigenvalue weighted by Gasteiger charge is 2.44. The van der Waals surface area contributed by atoms with Crippen molar-refractivity contribution in [1.29, 1.82) is 0 Å². The van der Waals surface area contributed by atoms with Crippen LogP contribution in [0, 0.1) is 5.41 Å². The smallest absolute Gasteiger partial charge is 0.306 e. The topological polar surface area (TPSA) is 76.1 Å². The zero-order valence-corrected chi connectivity index (χ0v) is 13.4. The Morgan fingerprint density at radius 2 is 2.09 bits per heavy atom. The highest BCUT2D eigenvalue weighted by molar-refractivity contribution is 5.83. The van der Waals surface area contributed by atoms with Crippen LogP contribution in [0.5, 0.6) is 0 Å². The van der Waals surface area contributed by atoms with Crippen molar-refractivity contribution in [3.63, 3.8) is 0 Å². The number of nitrogens with zero attached hydrogens (tertiary/aromatic N) is 1. The average molecular weight is 313 g/mol. The van der Waals surface area contributed by atoms with Gasteiger partial charge < -0.3 is 19.5 Å². The lowest BCUT2D eigenvalue weighted by Gasteiger charge is -2.38. The van der Waals surface area contributed by atoms with E-state index in [9.17, 15) is 9.59 Å². The number of carbonyl (C=O) groups is 2. The maximum absolute atomic E-state index is 13.0. The zero-order chi connectivity index (χ0) is 16.0. The van der Waals surface area contributed by atoms with Gasteiger partial charge in [0.1, 0.15) is 0 Å². The zero-order valence-electron chi connectivity index (χ0n) is 13.4. The molecule has 1 N–H and O–H groups in total. The number of carbonyl (C=O) groups excluding carboxylic acids is 1. The Labute approximate surface area is 131 Å². The lowest BCUT2D eigenvalue weighted by molar-refractivity contribution is -0.154. The monoisotopic (exact) mass is 313 g/mol. The number of amides is 1. The summed E-state index contributed by atoms with van der Waals surface area (Å²) in [6, 6.07) is 0. The molecule has 0 radical (unpaired) electrons. The van der Waals surface area contributed by atoms with Gasteiger partial charge in [0, 0.05) is 26.3 Å². The second-order valence-electron chi connectivity index (χ2n) is 6.28. The quantitative estimate of drug-likeness (QED) is 0.724. The Morgan fingerprint density at radius 3 is 2.73 bits per heavy atom. The molecule has 2 aliphatic rings. The van der Waals surface area contributed by atoms with Gasteiger partial charge in [-0.25, -0.2) is 0 Å². The third kappa shape index (κ3) is 4.20. The van der Waals surface area contributed by atoms with Crippen LogP contribution in [-0.4, -0.2) is 60.9 Å². The number of ether oxygens (including phenoxy) is 2. The van der Waals surface area contributed by atoms with E-state index in [1.807, 2.05) is 11.8 Å². The van der Waals surface area contributed by atoms with Crippen LogP contribution < -0.4 is 0 Å². The molecule has 0 aromatic carbocycles. The van der Waals surface area contributed by atoms with Gasteiger partial charge in [-0.15, -0.1) is 0 Å². The molecule has 1 amide bonds. The van der Waals surface area contributed by atoms with Crippen LogP contribution in [-0.2, 0) is 19.1 Å². The molecule has 2 fully saturated rings. The van der Waals surface area contributed by atoms with E-state index in [4.69, 9.17) is 14.6 Å². The molecule has 1 aliphatic heterocycles. The first-order chi connectivity index (χ1) is 10.6. The maximum Gasteiger partial charge on any atom is 0.306 e. The maximum atomic E-state index is 13.0. The van der Waals surface area contributed by atoms with Crippen molar-refractivity contribution >= 4 is 11.9 Å². The molecule has 126 valence electrons. The van der Waals surface area contributed by atoms with Crippen LogP contribution >= 0.6 is 0 Å². The first kappa shape index (κ1) is 17.2. The van der Waals surface area contributed by atoms with Crippen LogP contribution in [0.15, 0.2) is 0 Å². The Bertz CT molecular complexity index is 392. The molecule has 0 aromatic heterocycles. The first-order valence-electron chi connectivity index (χ1n) is 8.28. The Hall–Kier alpha value is -1.14. The summed E-state index contributed by atoms with van der Waals surface area (Å²) >= 11 is 0. The fourth-order valence-corrected chi connectivity index (χ4v) is 3.59. The number of carboxylic acid groups (broad SMARTS) is 1. The van der Waals surface area contributed by atoms with Gasteiger partial charge in [-0.05, 0) is 26.2 Å². The molecular formula is C16H27NO5. The van der Waals surface area contributed by atoms with Gasteiger partial charge in [0.2, 0.25) is 5.91 Å². The summed E-state index contributed by atoms with van der Waals surface area (Å²) in [5, 5.41) is 8.90. The predicted molar refractivity (Wildman–Crippen MR) is 80.6 cm³/mol. The van der Waals surface area contributed by atoms with Crippen molar-refractivity contribution in [2.75, 3.05) is 32.9 Å². The fourth-order valence-electron chi connectivity index (χ4n) is 3.59. The molecule has 0 bridgehead atoms. The Morgan fingerprint density at radius 1 is 1.36 bits per heavy atom. The number of carboxylic acids is 1. The molecule has 1 atom stereocenters. The second-order valence-corrected chi connectivity index (χ2v) is 6.28. The molecule has 2 rings (SSSR count). The molecule has 1 aliphatic carbocycles. The Kier molecular flexibility index (Phi) is 6.20. The summed E-state index contributed by atoms with van der Waals surface area (Å²) in [6.07, 6.45) is 4.33. The minimum Gasteiger partial charge on any atom is -0.481 e. The number of hydrogen-bond donors (Lipinski definition) is 1. The fraction of sp³-hybridized carbons (Fsp3) is 0.875. The van der Waals surface area contributed by atoms with E-state index in [0.29, 0.717) is 32.9 Å². The molecule has 6 nitrogen and oxygen atoms in total. The molecule has 1 saturated carbocycles. The standard InChI is InChI=1S/C16H27NO5/c1-2-21-9-7-16(5-3-4-6-16)15(20)17-8-10-22-13(12-17)11-14(18)19/h13H,2-12H2,1H3,(H,18,19). The van der Waals surface area contributed by atoms with Gasteiger partial charge in [0.15, 0.2) is 0 Å². The minimum absolute atomic E-state index is 0.0459. The van der Waals surface area contributed by atoms with Crippen molar-refractivity contribution in [1.82, 2.24) is 4.90 Å². The summed E-state index contributed by atoms with van der Waals surface area (Å²) in [6.45, 7) is 4.62. The van der Waals surface area contributed by atoms with Gasteiger partial charge in [0.05, 0.1) is 24.5 Å². The molecule has 1 heterocycles. The van der Waals surface area contributed by atoms with Crippen LogP contribution in [0.4, 0.5) is 0 Å². The summed E-state index contributed by atoms with van der Waals surface area (Å²) in [4.78, 5) is 25.7. The number of rotatable bonds is 7. The third-order valence-electron chi connectivity index (χ3n) is 4.77. The van der Waals surface area contributed by atoms with Gasteiger partial charge in [-0.3, -0.25) is 9.59 Å². The van der Waals surface area contributed by atoms with Gasteiger partial charge >= 0.3 is 5.97 Å². The second kappa shape index (κ2) is 7.92. The van der Waals surface area contributed by atoms with Crippen molar-refractivity contribution < 1.29 is 24.2 Å². The summed E-state index contributed by atoms with van der Waals surface area (Å²) in [5.41, 5.74) is -0.305. The van der Waals surface area contributed by atoms with Crippen LogP contribution in [0.3, 0.4) is 0 Å². The van der Waals surface area contributed by atoms with Gasteiger partial charge in [0.25, 0.3) is 0 Å². The van der Waals surface area contributed by atoms with E-state index in [0.717, 1.165) is 32.1 Å². The predicted octanol–water partition coefficient (Wildman–Crippen LogP) is 1.68. The van der Waals surface area contributed by atoms with Gasteiger partial charge in [-0.1, -0.05) is 12.8 Å². The lowest BCUT2D eigenvalue weighted by atomic mass is 9.81. The van der Waals surface area contributed by atoms with E-state index in [1.165, 1.54) is 0 Å². The highest BCUT2D eigenvalue weighted by atomic mass is 16.5. The number of aliphatic carboxylic acids is 1. The molecular weight excluding hydrogens is 286 g/mol. The van der Waals surface area contributed by atoms with E-state index < -0.39 is 5.97 Å². The SMILES string of the molecule is CCOCCC1(C(=O)N2CCOC(CC(=O)O)C2)CCCC1. The van der Waals surface area contributed by atoms with Crippen LogP contribution in [0.25, 0.3) is 0 Å². The first-order valence-corrected chi connectivity index (χ1v) is 8.28.